The Hall–Kier alpha value is -0.740. The predicted molar refractivity (Wildman–Crippen MR) is 87.9 cm³/mol. The van der Waals surface area contributed by atoms with Gasteiger partial charge in [0.1, 0.15) is 0 Å². The van der Waals surface area contributed by atoms with Gasteiger partial charge in [-0.25, -0.2) is 0 Å². The zero-order valence-electron chi connectivity index (χ0n) is 12.7. The van der Waals surface area contributed by atoms with Gasteiger partial charge in [-0.05, 0) is 0 Å². The van der Waals surface area contributed by atoms with Crippen molar-refractivity contribution in [3.05, 3.63) is 0 Å². The van der Waals surface area contributed by atoms with E-state index in [4.69, 9.17) is 0 Å². The fraction of sp³-hybridized carbons (Fsp3) is 0.833. The molecule has 0 aromatic rings. The normalized spacial score (nSPS) is 12.4. The predicted octanol–water partition coefficient (Wildman–Crippen LogP) is 1.88. The number of nitrogens with zero attached hydrogens (tertiary/aromatic N) is 1. The number of alkyl halides is 3. The molecule has 0 fully saturated rings. The van der Waals surface area contributed by atoms with Crippen molar-refractivity contribution < 1.29 is 18.0 Å². The van der Waals surface area contributed by atoms with Gasteiger partial charge in [0.05, 0.1) is 6.42 Å². The first-order valence-corrected chi connectivity index (χ1v) is 6.36. The molecule has 0 rings (SSSR count). The quantitative estimate of drug-likeness (QED) is 0.273. The smallest absolute Gasteiger partial charge is 0.356 e. The van der Waals surface area contributed by atoms with Gasteiger partial charge in [0.15, 0.2) is 5.96 Å². The highest BCUT2D eigenvalue weighted by Gasteiger charge is 2.26. The third kappa shape index (κ3) is 12.7. The highest BCUT2D eigenvalue weighted by Crippen LogP contribution is 2.18. The van der Waals surface area contributed by atoms with E-state index >= 15 is 0 Å². The molecule has 0 aromatic heterocycles. The Bertz CT molecular complexity index is 340. The van der Waals surface area contributed by atoms with Gasteiger partial charge in [0.25, 0.3) is 0 Å². The molecule has 1 amide bonds. The summed E-state index contributed by atoms with van der Waals surface area (Å²) in [5, 5.41) is 8.09. The Morgan fingerprint density at radius 2 is 1.48 bits per heavy atom. The zero-order valence-corrected chi connectivity index (χ0v) is 15.1. The molecule has 0 heterocycles. The van der Waals surface area contributed by atoms with Crippen molar-refractivity contribution in [2.45, 2.75) is 33.4 Å². The van der Waals surface area contributed by atoms with Gasteiger partial charge in [0, 0.05) is 32.1 Å². The minimum atomic E-state index is -4.19. The van der Waals surface area contributed by atoms with Crippen LogP contribution in [0.25, 0.3) is 0 Å². The Morgan fingerprint density at radius 1 is 1.00 bits per heavy atom. The van der Waals surface area contributed by atoms with Crippen molar-refractivity contribution in [1.82, 2.24) is 16.0 Å². The summed E-state index contributed by atoms with van der Waals surface area (Å²) in [6.45, 7) is 5.91. The summed E-state index contributed by atoms with van der Waals surface area (Å²) in [6.07, 6.45) is -5.11. The summed E-state index contributed by atoms with van der Waals surface area (Å²) in [5.74, 6) is 0.193. The highest BCUT2D eigenvalue weighted by atomic mass is 127. The van der Waals surface area contributed by atoms with E-state index in [9.17, 15) is 18.0 Å². The molecule has 3 N–H and O–H groups in total. The molecule has 0 spiro atoms. The standard InChI is InChI=1S/C12H23F3N4O.HI/c1-11(2,3)9(20)17-7-8-19-10(16-4)18-6-5-12(13,14)15;/h5-8H2,1-4H3,(H,17,20)(H2,16,18,19);1H. The molecule has 0 saturated carbocycles. The number of rotatable bonds is 5. The van der Waals surface area contributed by atoms with Crippen LogP contribution in [-0.4, -0.2) is 44.7 Å². The van der Waals surface area contributed by atoms with Gasteiger partial charge in [-0.2, -0.15) is 13.2 Å². The third-order valence-corrected chi connectivity index (χ3v) is 2.31. The van der Waals surface area contributed by atoms with Crippen LogP contribution >= 0.6 is 24.0 Å². The number of hydrogen-bond acceptors (Lipinski definition) is 2. The molecule has 126 valence electrons. The van der Waals surface area contributed by atoms with Gasteiger partial charge in [0.2, 0.25) is 5.91 Å². The molecule has 0 radical (unpaired) electrons. The summed E-state index contributed by atoms with van der Waals surface area (Å²) >= 11 is 0. The van der Waals surface area contributed by atoms with E-state index in [0.29, 0.717) is 13.1 Å². The van der Waals surface area contributed by atoms with E-state index in [0.717, 1.165) is 0 Å². The van der Waals surface area contributed by atoms with Crippen LogP contribution in [0.15, 0.2) is 4.99 Å². The fourth-order valence-electron chi connectivity index (χ4n) is 1.17. The van der Waals surface area contributed by atoms with Crippen LogP contribution in [0.4, 0.5) is 13.2 Å². The summed E-state index contributed by atoms with van der Waals surface area (Å²) in [5.41, 5.74) is -0.466. The lowest BCUT2D eigenvalue weighted by Crippen LogP contribution is -2.44. The summed E-state index contributed by atoms with van der Waals surface area (Å²) in [4.78, 5) is 15.3. The molecular weight excluding hydrogens is 400 g/mol. The topological polar surface area (TPSA) is 65.5 Å². The second kappa shape index (κ2) is 10.1. The number of aliphatic imine (C=N–C) groups is 1. The minimum Gasteiger partial charge on any atom is -0.356 e. The van der Waals surface area contributed by atoms with Gasteiger partial charge in [-0.1, -0.05) is 20.8 Å². The van der Waals surface area contributed by atoms with Crippen LogP contribution in [0.5, 0.6) is 0 Å². The van der Waals surface area contributed by atoms with Crippen molar-refractivity contribution in [1.29, 1.82) is 0 Å². The largest absolute Gasteiger partial charge is 0.390 e. The monoisotopic (exact) mass is 424 g/mol. The summed E-state index contributed by atoms with van der Waals surface area (Å²) < 4.78 is 35.9. The molecule has 0 unspecified atom stereocenters. The molecule has 21 heavy (non-hydrogen) atoms. The van der Waals surface area contributed by atoms with Gasteiger partial charge in [-0.15, -0.1) is 24.0 Å². The van der Waals surface area contributed by atoms with Crippen LogP contribution in [0, 0.1) is 5.41 Å². The second-order valence-corrected chi connectivity index (χ2v) is 5.30. The number of halogens is 4. The van der Waals surface area contributed by atoms with Crippen molar-refractivity contribution in [2.75, 3.05) is 26.7 Å². The number of nitrogens with one attached hydrogen (secondary N) is 3. The van der Waals surface area contributed by atoms with Crippen LogP contribution in [-0.2, 0) is 4.79 Å². The van der Waals surface area contributed by atoms with Gasteiger partial charge < -0.3 is 16.0 Å². The molecule has 0 aliphatic rings. The lowest BCUT2D eigenvalue weighted by Gasteiger charge is -2.18. The lowest BCUT2D eigenvalue weighted by molar-refractivity contribution is -0.133. The van der Waals surface area contributed by atoms with Crippen LogP contribution in [0.3, 0.4) is 0 Å². The van der Waals surface area contributed by atoms with E-state index in [-0.39, 0.29) is 42.4 Å². The highest BCUT2D eigenvalue weighted by molar-refractivity contribution is 14.0. The molecule has 0 saturated heterocycles. The first-order chi connectivity index (χ1) is 9.06. The Kier molecular flexibility index (Phi) is 10.8. The van der Waals surface area contributed by atoms with E-state index in [1.54, 1.807) is 20.8 Å². The van der Waals surface area contributed by atoms with Gasteiger partial charge in [-0.3, -0.25) is 9.79 Å². The van der Waals surface area contributed by atoms with Crippen molar-refractivity contribution >= 4 is 35.8 Å². The average Bonchev–Trinajstić information content (AvgIpc) is 2.29. The fourth-order valence-corrected chi connectivity index (χ4v) is 1.17. The lowest BCUT2D eigenvalue weighted by atomic mass is 9.96. The second-order valence-electron chi connectivity index (χ2n) is 5.30. The SMILES string of the molecule is CN=C(NCCNC(=O)C(C)(C)C)NCCC(F)(F)F.I. The van der Waals surface area contributed by atoms with E-state index in [1.165, 1.54) is 7.05 Å². The van der Waals surface area contributed by atoms with Gasteiger partial charge >= 0.3 is 6.18 Å². The molecule has 5 nitrogen and oxygen atoms in total. The summed E-state index contributed by atoms with van der Waals surface area (Å²) in [6, 6.07) is 0. The average molecular weight is 424 g/mol. The third-order valence-electron chi connectivity index (χ3n) is 2.31. The molecule has 0 aliphatic heterocycles. The molecule has 0 aromatic carbocycles. The summed E-state index contributed by atoms with van der Waals surface area (Å²) in [7, 11) is 1.47. The maximum absolute atomic E-state index is 12.0. The molecule has 9 heteroatoms. The van der Waals surface area contributed by atoms with Crippen molar-refractivity contribution in [2.24, 2.45) is 10.4 Å². The van der Waals surface area contributed by atoms with Crippen LogP contribution in [0.1, 0.15) is 27.2 Å². The van der Waals surface area contributed by atoms with E-state index in [1.807, 2.05) is 0 Å². The number of amides is 1. The zero-order chi connectivity index (χ0) is 15.8. The number of guanidine groups is 1. The minimum absolute atomic E-state index is 0. The van der Waals surface area contributed by atoms with Crippen molar-refractivity contribution in [3.63, 3.8) is 0 Å². The van der Waals surface area contributed by atoms with E-state index < -0.39 is 18.0 Å². The number of hydrogen-bond donors (Lipinski definition) is 3. The Balaban J connectivity index is 0. The Labute approximate surface area is 140 Å². The molecular formula is C12H24F3IN4O. The molecule has 0 aliphatic carbocycles. The van der Waals surface area contributed by atoms with Crippen LogP contribution in [0.2, 0.25) is 0 Å². The van der Waals surface area contributed by atoms with Crippen LogP contribution < -0.4 is 16.0 Å². The van der Waals surface area contributed by atoms with Crippen molar-refractivity contribution in [3.8, 4) is 0 Å². The number of carbonyl (C=O) groups excluding carboxylic acids is 1. The first kappa shape index (κ1) is 22.5. The molecule has 0 bridgehead atoms. The maximum atomic E-state index is 12.0. The maximum Gasteiger partial charge on any atom is 0.390 e. The first-order valence-electron chi connectivity index (χ1n) is 6.36. The van der Waals surface area contributed by atoms with E-state index in [2.05, 4.69) is 20.9 Å². The number of carbonyl (C=O) groups is 1. The molecule has 0 atom stereocenters. The Morgan fingerprint density at radius 3 is 1.90 bits per heavy atom.